The summed E-state index contributed by atoms with van der Waals surface area (Å²) >= 11 is 4.72. The summed E-state index contributed by atoms with van der Waals surface area (Å²) in [5.74, 6) is -1.95. The Balaban J connectivity index is 2.14. The summed E-state index contributed by atoms with van der Waals surface area (Å²) in [7, 11) is 0. The van der Waals surface area contributed by atoms with E-state index in [0.29, 0.717) is 5.56 Å². The van der Waals surface area contributed by atoms with E-state index in [2.05, 4.69) is 0 Å². The Morgan fingerprint density at radius 1 is 1.05 bits per heavy atom. The zero-order valence-electron chi connectivity index (χ0n) is 10.2. The average Bonchev–Trinajstić information content (AvgIpc) is 2.36. The van der Waals surface area contributed by atoms with Gasteiger partial charge >= 0.3 is 0 Å². The number of benzene rings is 2. The van der Waals surface area contributed by atoms with E-state index in [9.17, 15) is 13.2 Å². The first-order valence-corrected chi connectivity index (χ1v) is 6.03. The van der Waals surface area contributed by atoms with Crippen LogP contribution in [-0.4, -0.2) is 4.99 Å². The summed E-state index contributed by atoms with van der Waals surface area (Å²) in [6.07, 6.45) is 0. The zero-order chi connectivity index (χ0) is 14.7. The largest absolute Gasteiger partial charge is 0.489 e. The molecule has 6 heteroatoms. The summed E-state index contributed by atoms with van der Waals surface area (Å²) in [6.45, 7) is 0.0127. The van der Waals surface area contributed by atoms with Crippen LogP contribution in [0, 0.1) is 17.5 Å². The van der Waals surface area contributed by atoms with Crippen LogP contribution in [0.4, 0.5) is 13.2 Å². The van der Waals surface area contributed by atoms with E-state index in [1.54, 1.807) is 0 Å². The topological polar surface area (TPSA) is 35.2 Å². The van der Waals surface area contributed by atoms with Gasteiger partial charge in [0.05, 0.1) is 0 Å². The number of hydrogen-bond donors (Lipinski definition) is 1. The lowest BCUT2D eigenvalue weighted by molar-refractivity contribution is 0.302. The number of halogens is 3. The minimum atomic E-state index is -0.733. The molecule has 0 bridgehead atoms. The summed E-state index contributed by atoms with van der Waals surface area (Å²) in [6, 6.07) is 6.98. The van der Waals surface area contributed by atoms with Crippen molar-refractivity contribution in [3.63, 3.8) is 0 Å². The lowest BCUT2D eigenvalue weighted by atomic mass is 10.1. The molecule has 2 nitrogen and oxygen atoms in total. The highest BCUT2D eigenvalue weighted by molar-refractivity contribution is 7.80. The molecule has 0 saturated carbocycles. The molecule has 2 aromatic rings. The first-order valence-electron chi connectivity index (χ1n) is 5.63. The molecule has 0 aliphatic carbocycles. The van der Waals surface area contributed by atoms with Crippen LogP contribution in [0.15, 0.2) is 36.4 Å². The van der Waals surface area contributed by atoms with Gasteiger partial charge in [0.15, 0.2) is 0 Å². The molecule has 104 valence electrons. The second-order valence-electron chi connectivity index (χ2n) is 4.07. The molecule has 0 spiro atoms. The van der Waals surface area contributed by atoms with Crippen molar-refractivity contribution in [2.24, 2.45) is 5.73 Å². The molecule has 2 aromatic carbocycles. The Kier molecular flexibility index (Phi) is 4.24. The summed E-state index contributed by atoms with van der Waals surface area (Å²) in [5.41, 5.74) is 6.07. The van der Waals surface area contributed by atoms with Crippen molar-refractivity contribution in [2.75, 3.05) is 0 Å². The maximum atomic E-state index is 13.4. The average molecular weight is 297 g/mol. The van der Waals surface area contributed by atoms with Crippen LogP contribution in [0.3, 0.4) is 0 Å². The van der Waals surface area contributed by atoms with Crippen LogP contribution in [0.25, 0.3) is 0 Å². The molecule has 2 rings (SSSR count). The smallest absolute Gasteiger partial charge is 0.133 e. The molecular weight excluding hydrogens is 287 g/mol. The molecule has 2 N–H and O–H groups in total. The van der Waals surface area contributed by atoms with E-state index in [-0.39, 0.29) is 22.9 Å². The van der Waals surface area contributed by atoms with Crippen LogP contribution in [-0.2, 0) is 6.61 Å². The van der Waals surface area contributed by atoms with Gasteiger partial charge in [0.1, 0.15) is 34.8 Å². The first kappa shape index (κ1) is 14.3. The van der Waals surface area contributed by atoms with Crippen molar-refractivity contribution in [2.45, 2.75) is 6.61 Å². The van der Waals surface area contributed by atoms with Gasteiger partial charge in [-0.1, -0.05) is 18.3 Å². The minimum Gasteiger partial charge on any atom is -0.489 e. The second-order valence-corrected chi connectivity index (χ2v) is 4.51. The third-order valence-corrected chi connectivity index (χ3v) is 2.76. The molecule has 0 fully saturated rings. The van der Waals surface area contributed by atoms with Crippen molar-refractivity contribution < 1.29 is 17.9 Å². The SMILES string of the molecule is NC(=S)c1cc(COc2cc(F)cc(F)c2)ccc1F. The van der Waals surface area contributed by atoms with E-state index in [1.807, 2.05) is 0 Å². The van der Waals surface area contributed by atoms with Gasteiger partial charge in [0, 0.05) is 23.8 Å². The van der Waals surface area contributed by atoms with Gasteiger partial charge in [-0.15, -0.1) is 0 Å². The Hall–Kier alpha value is -2.08. The van der Waals surface area contributed by atoms with Crippen LogP contribution < -0.4 is 10.5 Å². The number of nitrogens with two attached hydrogens (primary N) is 1. The van der Waals surface area contributed by atoms with Crippen LogP contribution in [0.1, 0.15) is 11.1 Å². The number of thiocarbonyl (C=S) groups is 1. The molecule has 0 atom stereocenters. The predicted molar refractivity (Wildman–Crippen MR) is 73.0 cm³/mol. The Labute approximate surface area is 119 Å². The lowest BCUT2D eigenvalue weighted by Gasteiger charge is -2.08. The van der Waals surface area contributed by atoms with Crippen LogP contribution in [0.2, 0.25) is 0 Å². The monoisotopic (exact) mass is 297 g/mol. The fourth-order valence-corrected chi connectivity index (χ4v) is 1.79. The first-order chi connectivity index (χ1) is 9.45. The van der Waals surface area contributed by atoms with E-state index in [0.717, 1.165) is 18.2 Å². The van der Waals surface area contributed by atoms with Crippen molar-refractivity contribution in [3.05, 3.63) is 65.0 Å². The number of ether oxygens (including phenoxy) is 1. The van der Waals surface area contributed by atoms with Crippen LogP contribution in [0.5, 0.6) is 5.75 Å². The minimum absolute atomic E-state index is 0.0127. The molecule has 0 radical (unpaired) electrons. The van der Waals surface area contributed by atoms with E-state index < -0.39 is 17.5 Å². The van der Waals surface area contributed by atoms with Crippen molar-refractivity contribution in [1.82, 2.24) is 0 Å². The van der Waals surface area contributed by atoms with Gasteiger partial charge < -0.3 is 10.5 Å². The molecule has 0 saturated heterocycles. The quantitative estimate of drug-likeness (QED) is 0.879. The highest BCUT2D eigenvalue weighted by Gasteiger charge is 2.07. The second kappa shape index (κ2) is 5.92. The molecule has 0 amide bonds. The third kappa shape index (κ3) is 3.48. The van der Waals surface area contributed by atoms with Gasteiger partial charge in [0.2, 0.25) is 0 Å². The Morgan fingerprint density at radius 3 is 2.30 bits per heavy atom. The molecule has 0 heterocycles. The van der Waals surface area contributed by atoms with Gasteiger partial charge in [-0.25, -0.2) is 13.2 Å². The van der Waals surface area contributed by atoms with E-state index in [4.69, 9.17) is 22.7 Å². The molecule has 0 aliphatic rings. The highest BCUT2D eigenvalue weighted by Crippen LogP contribution is 2.18. The maximum Gasteiger partial charge on any atom is 0.133 e. The standard InChI is InChI=1S/C14H10F3NOS/c15-9-4-10(16)6-11(5-9)19-7-8-1-2-13(17)12(3-8)14(18)20/h1-6H,7H2,(H2,18,20). The summed E-state index contributed by atoms with van der Waals surface area (Å²) in [5, 5.41) is 0. The highest BCUT2D eigenvalue weighted by atomic mass is 32.1. The molecular formula is C14H10F3NOS. The van der Waals surface area contributed by atoms with Gasteiger partial charge in [-0.05, 0) is 17.7 Å². The van der Waals surface area contributed by atoms with Gasteiger partial charge in [-0.3, -0.25) is 0 Å². The molecule has 0 aromatic heterocycles. The van der Waals surface area contributed by atoms with E-state index >= 15 is 0 Å². The maximum absolute atomic E-state index is 13.4. The summed E-state index contributed by atoms with van der Waals surface area (Å²) in [4.78, 5) is -0.0684. The van der Waals surface area contributed by atoms with E-state index in [1.165, 1.54) is 18.2 Å². The Morgan fingerprint density at radius 2 is 1.70 bits per heavy atom. The fourth-order valence-electron chi connectivity index (χ4n) is 1.63. The Bertz CT molecular complexity index is 641. The van der Waals surface area contributed by atoms with Crippen molar-refractivity contribution >= 4 is 17.2 Å². The normalized spacial score (nSPS) is 10.3. The molecule has 20 heavy (non-hydrogen) atoms. The van der Waals surface area contributed by atoms with Gasteiger partial charge in [-0.2, -0.15) is 0 Å². The van der Waals surface area contributed by atoms with Crippen LogP contribution >= 0.6 is 12.2 Å². The number of hydrogen-bond acceptors (Lipinski definition) is 2. The van der Waals surface area contributed by atoms with Crippen molar-refractivity contribution in [3.8, 4) is 5.75 Å². The predicted octanol–water partition coefficient (Wildman–Crippen LogP) is 3.32. The van der Waals surface area contributed by atoms with Crippen molar-refractivity contribution in [1.29, 1.82) is 0 Å². The zero-order valence-corrected chi connectivity index (χ0v) is 11.0. The van der Waals surface area contributed by atoms with Gasteiger partial charge in [0.25, 0.3) is 0 Å². The lowest BCUT2D eigenvalue weighted by Crippen LogP contribution is -2.12. The summed E-state index contributed by atoms with van der Waals surface area (Å²) < 4.78 is 44.6. The fraction of sp³-hybridized carbons (Fsp3) is 0.0714. The number of rotatable bonds is 4. The third-order valence-electron chi connectivity index (χ3n) is 2.54. The molecule has 0 unspecified atom stereocenters. The molecule has 0 aliphatic heterocycles.